The van der Waals surface area contributed by atoms with Crippen LogP contribution in [0.4, 0.5) is 0 Å². The van der Waals surface area contributed by atoms with Gasteiger partial charge in [0.05, 0.1) is 6.61 Å². The highest BCUT2D eigenvalue weighted by Crippen LogP contribution is 2.33. The Labute approximate surface area is 72.6 Å². The van der Waals surface area contributed by atoms with Gasteiger partial charge < -0.3 is 9.47 Å². The second-order valence-corrected chi connectivity index (χ2v) is 4.12. The fraction of sp³-hybridized carbons (Fsp3) is 1.00. The van der Waals surface area contributed by atoms with Crippen LogP contribution in [-0.4, -0.2) is 31.0 Å². The maximum absolute atomic E-state index is 5.33. The quantitative estimate of drug-likeness (QED) is 0.651. The van der Waals surface area contributed by atoms with Crippen molar-refractivity contribution in [3.63, 3.8) is 0 Å². The fourth-order valence-electron chi connectivity index (χ4n) is 1.22. The summed E-state index contributed by atoms with van der Waals surface area (Å²) >= 11 is 1.90. The van der Waals surface area contributed by atoms with Crippen LogP contribution in [0.2, 0.25) is 0 Å². The molecular weight excluding hydrogens is 160 g/mol. The second-order valence-electron chi connectivity index (χ2n) is 2.66. The van der Waals surface area contributed by atoms with Gasteiger partial charge in [-0.1, -0.05) is 0 Å². The molecule has 1 fully saturated rings. The summed E-state index contributed by atoms with van der Waals surface area (Å²) in [6, 6.07) is 0. The van der Waals surface area contributed by atoms with E-state index >= 15 is 0 Å². The lowest BCUT2D eigenvalue weighted by molar-refractivity contribution is 0.146. The highest BCUT2D eigenvalue weighted by molar-refractivity contribution is 8.00. The van der Waals surface area contributed by atoms with Gasteiger partial charge in [0, 0.05) is 19.0 Å². The average Bonchev–Trinajstić information content (AvgIpc) is 2.48. The van der Waals surface area contributed by atoms with Gasteiger partial charge in [-0.2, -0.15) is 0 Å². The van der Waals surface area contributed by atoms with Crippen molar-refractivity contribution >= 4 is 11.8 Å². The maximum atomic E-state index is 5.33. The first-order valence-electron chi connectivity index (χ1n) is 4.12. The molecule has 1 heterocycles. The van der Waals surface area contributed by atoms with E-state index in [1.54, 1.807) is 7.11 Å². The van der Waals surface area contributed by atoms with Gasteiger partial charge in [0.1, 0.15) is 5.44 Å². The largest absolute Gasteiger partial charge is 0.381 e. The molecule has 0 saturated carbocycles. The topological polar surface area (TPSA) is 18.5 Å². The molecular formula is C8H16O2S. The molecule has 2 unspecified atom stereocenters. The van der Waals surface area contributed by atoms with E-state index in [9.17, 15) is 0 Å². The van der Waals surface area contributed by atoms with E-state index in [2.05, 4.69) is 0 Å². The smallest absolute Gasteiger partial charge is 0.103 e. The predicted molar refractivity (Wildman–Crippen MR) is 47.9 cm³/mol. The molecule has 11 heavy (non-hydrogen) atoms. The zero-order valence-corrected chi connectivity index (χ0v) is 8.02. The van der Waals surface area contributed by atoms with Gasteiger partial charge in [0.2, 0.25) is 0 Å². The van der Waals surface area contributed by atoms with Crippen LogP contribution in [0, 0.1) is 0 Å². The Morgan fingerprint density at radius 2 is 2.27 bits per heavy atom. The number of hydrogen-bond donors (Lipinski definition) is 0. The molecule has 1 aliphatic heterocycles. The molecule has 2 nitrogen and oxygen atoms in total. The van der Waals surface area contributed by atoms with Crippen molar-refractivity contribution in [2.24, 2.45) is 0 Å². The molecule has 1 aliphatic rings. The standard InChI is InChI=1S/C8H16O2S/c1-3-10-6-7-4-5-8(9-2)11-7/h7-8H,3-6H2,1-2H3. The molecule has 0 aromatic rings. The highest BCUT2D eigenvalue weighted by atomic mass is 32.2. The second kappa shape index (κ2) is 5.01. The van der Waals surface area contributed by atoms with Crippen molar-refractivity contribution in [3.05, 3.63) is 0 Å². The van der Waals surface area contributed by atoms with Gasteiger partial charge in [-0.25, -0.2) is 0 Å². The first kappa shape index (κ1) is 9.36. The normalized spacial score (nSPS) is 31.1. The summed E-state index contributed by atoms with van der Waals surface area (Å²) in [5.41, 5.74) is 0.417. The van der Waals surface area contributed by atoms with E-state index < -0.39 is 0 Å². The molecule has 0 bridgehead atoms. The molecule has 66 valence electrons. The van der Waals surface area contributed by atoms with Crippen LogP contribution in [0.15, 0.2) is 0 Å². The van der Waals surface area contributed by atoms with Crippen LogP contribution in [0.25, 0.3) is 0 Å². The number of ether oxygens (including phenoxy) is 2. The van der Waals surface area contributed by atoms with E-state index in [0.29, 0.717) is 10.7 Å². The fourth-order valence-corrected chi connectivity index (χ4v) is 2.48. The Balaban J connectivity index is 2.09. The minimum Gasteiger partial charge on any atom is -0.381 e. The minimum atomic E-state index is 0.417. The van der Waals surface area contributed by atoms with Crippen molar-refractivity contribution in [3.8, 4) is 0 Å². The van der Waals surface area contributed by atoms with Crippen molar-refractivity contribution in [2.75, 3.05) is 20.3 Å². The Bertz CT molecular complexity index is 108. The first-order valence-corrected chi connectivity index (χ1v) is 5.07. The zero-order chi connectivity index (χ0) is 8.10. The number of thioether (sulfide) groups is 1. The van der Waals surface area contributed by atoms with Crippen LogP contribution >= 0.6 is 11.8 Å². The molecule has 1 rings (SSSR count). The average molecular weight is 176 g/mol. The molecule has 0 amide bonds. The van der Waals surface area contributed by atoms with E-state index in [0.717, 1.165) is 13.2 Å². The van der Waals surface area contributed by atoms with Crippen molar-refractivity contribution in [2.45, 2.75) is 30.5 Å². The number of rotatable bonds is 4. The molecule has 0 aromatic heterocycles. The zero-order valence-electron chi connectivity index (χ0n) is 7.21. The van der Waals surface area contributed by atoms with Crippen LogP contribution in [-0.2, 0) is 9.47 Å². The van der Waals surface area contributed by atoms with E-state index in [4.69, 9.17) is 9.47 Å². The third-order valence-corrected chi connectivity index (χ3v) is 3.33. The molecule has 0 aromatic carbocycles. The molecule has 0 radical (unpaired) electrons. The Kier molecular flexibility index (Phi) is 4.26. The summed E-state index contributed by atoms with van der Waals surface area (Å²) in [6.45, 7) is 3.75. The number of methoxy groups -OCH3 is 1. The lowest BCUT2D eigenvalue weighted by atomic mass is 10.2. The van der Waals surface area contributed by atoms with Gasteiger partial charge in [-0.15, -0.1) is 11.8 Å². The summed E-state index contributed by atoms with van der Waals surface area (Å²) in [5.74, 6) is 0. The van der Waals surface area contributed by atoms with Gasteiger partial charge in [-0.3, -0.25) is 0 Å². The van der Waals surface area contributed by atoms with Crippen LogP contribution in [0.1, 0.15) is 19.8 Å². The summed E-state index contributed by atoms with van der Waals surface area (Å²) in [6.07, 6.45) is 2.42. The summed E-state index contributed by atoms with van der Waals surface area (Å²) in [5, 5.41) is 0.667. The molecule has 3 heteroatoms. The summed E-state index contributed by atoms with van der Waals surface area (Å²) < 4.78 is 10.6. The molecule has 0 aliphatic carbocycles. The maximum Gasteiger partial charge on any atom is 0.103 e. The highest BCUT2D eigenvalue weighted by Gasteiger charge is 2.24. The van der Waals surface area contributed by atoms with Crippen LogP contribution < -0.4 is 0 Å². The Hall–Kier alpha value is 0.270. The molecule has 0 spiro atoms. The lowest BCUT2D eigenvalue weighted by Gasteiger charge is -2.09. The van der Waals surface area contributed by atoms with E-state index in [1.807, 2.05) is 18.7 Å². The number of hydrogen-bond acceptors (Lipinski definition) is 3. The van der Waals surface area contributed by atoms with Crippen LogP contribution in [0.3, 0.4) is 0 Å². The van der Waals surface area contributed by atoms with Gasteiger partial charge in [0.25, 0.3) is 0 Å². The van der Waals surface area contributed by atoms with Crippen molar-refractivity contribution in [1.82, 2.24) is 0 Å². The summed E-state index contributed by atoms with van der Waals surface area (Å²) in [4.78, 5) is 0. The van der Waals surface area contributed by atoms with Gasteiger partial charge >= 0.3 is 0 Å². The van der Waals surface area contributed by atoms with Crippen molar-refractivity contribution in [1.29, 1.82) is 0 Å². The Morgan fingerprint density at radius 3 is 2.82 bits per heavy atom. The predicted octanol–water partition coefficient (Wildman–Crippen LogP) is 1.89. The SMILES string of the molecule is CCOCC1CCC(OC)S1. The molecule has 1 saturated heterocycles. The van der Waals surface area contributed by atoms with Gasteiger partial charge in [-0.05, 0) is 19.8 Å². The third kappa shape index (κ3) is 3.01. The monoisotopic (exact) mass is 176 g/mol. The minimum absolute atomic E-state index is 0.417. The molecule has 0 N–H and O–H groups in total. The van der Waals surface area contributed by atoms with E-state index in [-0.39, 0.29) is 0 Å². The van der Waals surface area contributed by atoms with E-state index in [1.165, 1.54) is 12.8 Å². The first-order chi connectivity index (χ1) is 5.36. The lowest BCUT2D eigenvalue weighted by Crippen LogP contribution is -2.08. The third-order valence-electron chi connectivity index (χ3n) is 1.84. The molecule has 2 atom stereocenters. The Morgan fingerprint density at radius 1 is 1.45 bits per heavy atom. The summed E-state index contributed by atoms with van der Waals surface area (Å²) in [7, 11) is 1.78. The van der Waals surface area contributed by atoms with Gasteiger partial charge in [0.15, 0.2) is 0 Å². The van der Waals surface area contributed by atoms with Crippen molar-refractivity contribution < 1.29 is 9.47 Å². The van der Waals surface area contributed by atoms with Crippen LogP contribution in [0.5, 0.6) is 0 Å².